The molecule has 1 aliphatic rings. The normalized spacial score (nSPS) is 17.2. The van der Waals surface area contributed by atoms with Gasteiger partial charge in [-0.05, 0) is 51.0 Å². The fourth-order valence-corrected chi connectivity index (χ4v) is 3.28. The second kappa shape index (κ2) is 9.29. The van der Waals surface area contributed by atoms with Gasteiger partial charge in [0, 0.05) is 23.2 Å². The molecular formula is C24H28ClNO4. The molecule has 3 rings (SSSR count). The molecule has 0 amide bonds. The van der Waals surface area contributed by atoms with E-state index in [0.29, 0.717) is 24.7 Å². The van der Waals surface area contributed by atoms with Crippen LogP contribution in [-0.4, -0.2) is 36.5 Å². The molecule has 2 aromatic rings. The predicted molar refractivity (Wildman–Crippen MR) is 118 cm³/mol. The fourth-order valence-electron chi connectivity index (χ4n) is 3.16. The summed E-state index contributed by atoms with van der Waals surface area (Å²) in [6.07, 6.45) is 1.61. The maximum atomic E-state index is 13.2. The summed E-state index contributed by atoms with van der Waals surface area (Å²) >= 11 is 5.97. The Balaban J connectivity index is 1.93. The van der Waals surface area contributed by atoms with Crippen molar-refractivity contribution in [3.05, 3.63) is 70.2 Å². The standard InChI is InChI=1S/C24H28ClNO4/c1-23(2,3)30-22(27)24(4,26-16-17-9-11-19(25)12-10-17)15-18-7-5-6-8-20(18)21-28-13-14-29-21/h5-12,16,21H,13-15H2,1-4H3/t24-/m1/s1. The molecule has 1 saturated heterocycles. The molecule has 0 bridgehead atoms. The minimum absolute atomic E-state index is 0.353. The van der Waals surface area contributed by atoms with E-state index in [9.17, 15) is 4.79 Å². The molecule has 2 aromatic carbocycles. The Morgan fingerprint density at radius 3 is 2.37 bits per heavy atom. The Labute approximate surface area is 183 Å². The van der Waals surface area contributed by atoms with Crippen molar-refractivity contribution < 1.29 is 19.0 Å². The van der Waals surface area contributed by atoms with Crippen molar-refractivity contribution in [2.75, 3.05) is 13.2 Å². The first kappa shape index (κ1) is 22.5. The van der Waals surface area contributed by atoms with Crippen LogP contribution in [0.4, 0.5) is 0 Å². The lowest BCUT2D eigenvalue weighted by molar-refractivity contribution is -0.160. The van der Waals surface area contributed by atoms with E-state index in [2.05, 4.69) is 4.99 Å². The Bertz CT molecular complexity index is 898. The monoisotopic (exact) mass is 429 g/mol. The molecule has 0 spiro atoms. The van der Waals surface area contributed by atoms with E-state index in [-0.39, 0.29) is 5.97 Å². The number of aliphatic imine (C=N–C) groups is 1. The van der Waals surface area contributed by atoms with Crippen molar-refractivity contribution in [3.63, 3.8) is 0 Å². The third-order valence-electron chi connectivity index (χ3n) is 4.67. The highest BCUT2D eigenvalue weighted by molar-refractivity contribution is 6.30. The summed E-state index contributed by atoms with van der Waals surface area (Å²) in [5.74, 6) is -0.386. The van der Waals surface area contributed by atoms with Crippen molar-refractivity contribution in [3.8, 4) is 0 Å². The Morgan fingerprint density at radius 1 is 1.10 bits per heavy atom. The summed E-state index contributed by atoms with van der Waals surface area (Å²) in [5.41, 5.74) is 0.954. The number of rotatable bonds is 6. The molecule has 160 valence electrons. The zero-order chi connectivity index (χ0) is 21.8. The second-order valence-corrected chi connectivity index (χ2v) is 8.97. The number of benzene rings is 2. The van der Waals surface area contributed by atoms with Gasteiger partial charge in [0.2, 0.25) is 0 Å². The largest absolute Gasteiger partial charge is 0.458 e. The van der Waals surface area contributed by atoms with Crippen molar-refractivity contribution in [2.45, 2.75) is 51.5 Å². The molecule has 0 aromatic heterocycles. The van der Waals surface area contributed by atoms with E-state index in [1.54, 1.807) is 25.3 Å². The molecule has 1 atom stereocenters. The highest BCUT2D eigenvalue weighted by Crippen LogP contribution is 2.31. The second-order valence-electron chi connectivity index (χ2n) is 8.53. The van der Waals surface area contributed by atoms with Crippen LogP contribution < -0.4 is 0 Å². The molecule has 5 nitrogen and oxygen atoms in total. The first-order valence-corrected chi connectivity index (χ1v) is 10.4. The smallest absolute Gasteiger partial charge is 0.334 e. The SMILES string of the molecule is CC(C)(C)OC(=O)[C@@](C)(Cc1ccccc1C1OCCO1)N=Cc1ccc(Cl)cc1. The summed E-state index contributed by atoms with van der Waals surface area (Å²) in [7, 11) is 0. The summed E-state index contributed by atoms with van der Waals surface area (Å²) in [6, 6.07) is 15.1. The number of nitrogens with zero attached hydrogens (tertiary/aromatic N) is 1. The van der Waals surface area contributed by atoms with Gasteiger partial charge >= 0.3 is 5.97 Å². The average molecular weight is 430 g/mol. The van der Waals surface area contributed by atoms with Gasteiger partial charge in [-0.3, -0.25) is 4.99 Å². The van der Waals surface area contributed by atoms with E-state index in [0.717, 1.165) is 16.7 Å². The average Bonchev–Trinajstić information content (AvgIpc) is 3.21. The minimum Gasteiger partial charge on any atom is -0.458 e. The molecular weight excluding hydrogens is 402 g/mol. The fraction of sp³-hybridized carbons (Fsp3) is 0.417. The third kappa shape index (κ3) is 5.91. The minimum atomic E-state index is -1.12. The van der Waals surface area contributed by atoms with Gasteiger partial charge < -0.3 is 14.2 Å². The lowest BCUT2D eigenvalue weighted by Gasteiger charge is -2.29. The van der Waals surface area contributed by atoms with Gasteiger partial charge in [0.15, 0.2) is 11.8 Å². The van der Waals surface area contributed by atoms with Crippen LogP contribution in [-0.2, 0) is 25.4 Å². The van der Waals surface area contributed by atoms with Gasteiger partial charge in [-0.25, -0.2) is 4.79 Å². The van der Waals surface area contributed by atoms with Crippen molar-refractivity contribution >= 4 is 23.8 Å². The van der Waals surface area contributed by atoms with E-state index in [1.807, 2.05) is 57.2 Å². The lowest BCUT2D eigenvalue weighted by atomic mass is 9.90. The Kier molecular flexibility index (Phi) is 6.96. The van der Waals surface area contributed by atoms with E-state index < -0.39 is 17.4 Å². The number of carbonyl (C=O) groups is 1. The number of halogens is 1. The van der Waals surface area contributed by atoms with Gasteiger partial charge in [-0.15, -0.1) is 0 Å². The number of ether oxygens (including phenoxy) is 3. The van der Waals surface area contributed by atoms with Crippen LogP contribution in [0.1, 0.15) is 50.7 Å². The highest BCUT2D eigenvalue weighted by Gasteiger charge is 2.38. The van der Waals surface area contributed by atoms with Crippen LogP contribution in [0.2, 0.25) is 5.02 Å². The highest BCUT2D eigenvalue weighted by atomic mass is 35.5. The summed E-state index contributed by atoms with van der Waals surface area (Å²) < 4.78 is 17.1. The molecule has 6 heteroatoms. The van der Waals surface area contributed by atoms with Crippen LogP contribution >= 0.6 is 11.6 Å². The van der Waals surface area contributed by atoms with Gasteiger partial charge in [-0.1, -0.05) is 48.0 Å². The third-order valence-corrected chi connectivity index (χ3v) is 4.92. The summed E-state index contributed by atoms with van der Waals surface area (Å²) in [4.78, 5) is 17.9. The maximum Gasteiger partial charge on any atom is 0.334 e. The molecule has 30 heavy (non-hydrogen) atoms. The quantitative estimate of drug-likeness (QED) is 0.470. The number of hydrogen-bond acceptors (Lipinski definition) is 5. The number of hydrogen-bond donors (Lipinski definition) is 0. The molecule has 1 aliphatic heterocycles. The van der Waals surface area contributed by atoms with Gasteiger partial charge in [0.05, 0.1) is 13.2 Å². The molecule has 0 aliphatic carbocycles. The molecule has 1 heterocycles. The van der Waals surface area contributed by atoms with Crippen LogP contribution in [0.25, 0.3) is 0 Å². The maximum absolute atomic E-state index is 13.2. The molecule has 0 saturated carbocycles. The molecule has 0 radical (unpaired) electrons. The van der Waals surface area contributed by atoms with Crippen molar-refractivity contribution in [1.29, 1.82) is 0 Å². The van der Waals surface area contributed by atoms with Gasteiger partial charge in [0.1, 0.15) is 5.60 Å². The molecule has 0 N–H and O–H groups in total. The topological polar surface area (TPSA) is 57.1 Å². The summed E-state index contributed by atoms with van der Waals surface area (Å²) in [5, 5.41) is 0.646. The van der Waals surface area contributed by atoms with E-state index >= 15 is 0 Å². The first-order valence-electron chi connectivity index (χ1n) is 10.0. The van der Waals surface area contributed by atoms with Crippen LogP contribution in [0.5, 0.6) is 0 Å². The molecule has 1 fully saturated rings. The van der Waals surface area contributed by atoms with Crippen molar-refractivity contribution in [2.24, 2.45) is 4.99 Å². The van der Waals surface area contributed by atoms with Gasteiger partial charge in [0.25, 0.3) is 0 Å². The molecule has 0 unspecified atom stereocenters. The van der Waals surface area contributed by atoms with E-state index in [4.69, 9.17) is 25.8 Å². The zero-order valence-electron chi connectivity index (χ0n) is 17.9. The van der Waals surface area contributed by atoms with Crippen LogP contribution in [0, 0.1) is 0 Å². The van der Waals surface area contributed by atoms with Crippen LogP contribution in [0.3, 0.4) is 0 Å². The Hall–Kier alpha value is -2.21. The first-order chi connectivity index (χ1) is 14.2. The van der Waals surface area contributed by atoms with Gasteiger partial charge in [-0.2, -0.15) is 0 Å². The summed E-state index contributed by atoms with van der Waals surface area (Å²) in [6.45, 7) is 8.45. The zero-order valence-corrected chi connectivity index (χ0v) is 18.6. The van der Waals surface area contributed by atoms with Crippen LogP contribution in [0.15, 0.2) is 53.5 Å². The predicted octanol–water partition coefficient (Wildman–Crippen LogP) is 5.15. The number of carbonyl (C=O) groups excluding carboxylic acids is 1. The number of esters is 1. The lowest BCUT2D eigenvalue weighted by Crippen LogP contribution is -2.42. The Morgan fingerprint density at radius 2 is 1.73 bits per heavy atom. The van der Waals surface area contributed by atoms with Crippen molar-refractivity contribution in [1.82, 2.24) is 0 Å². The van der Waals surface area contributed by atoms with E-state index in [1.165, 1.54) is 0 Å².